The molecule has 1 aromatic rings. The second-order valence-corrected chi connectivity index (χ2v) is 6.07. The Bertz CT molecular complexity index is 535. The summed E-state index contributed by atoms with van der Waals surface area (Å²) in [6, 6.07) is 0. The van der Waals surface area contributed by atoms with Gasteiger partial charge in [-0.2, -0.15) is 5.10 Å². The van der Waals surface area contributed by atoms with Gasteiger partial charge in [0.15, 0.2) is 5.03 Å². The first-order chi connectivity index (χ1) is 9.46. The van der Waals surface area contributed by atoms with Gasteiger partial charge in [0.05, 0.1) is 12.8 Å². The fourth-order valence-corrected chi connectivity index (χ4v) is 2.91. The predicted octanol–water partition coefficient (Wildman–Crippen LogP) is 1.30. The number of aromatic amines is 1. The average Bonchev–Trinajstić information content (AvgIpc) is 2.90. The molecule has 0 aliphatic carbocycles. The molecule has 0 fully saturated rings. The maximum absolute atomic E-state index is 12.2. The monoisotopic (exact) mass is 303 g/mol. The molecule has 0 aromatic carbocycles. The lowest BCUT2D eigenvalue weighted by molar-refractivity contribution is 0.0522. The molecule has 114 valence electrons. The summed E-state index contributed by atoms with van der Waals surface area (Å²) in [6.45, 7) is 6.16. The Morgan fingerprint density at radius 3 is 2.60 bits per heavy atom. The molecule has 1 rings (SSSR count). The van der Waals surface area contributed by atoms with Crippen molar-refractivity contribution in [1.82, 2.24) is 14.9 Å². The van der Waals surface area contributed by atoms with E-state index in [0.29, 0.717) is 6.54 Å². The van der Waals surface area contributed by atoms with E-state index in [1.807, 2.05) is 13.8 Å². The summed E-state index contributed by atoms with van der Waals surface area (Å²) in [4.78, 5) is 11.6. The highest BCUT2D eigenvalue weighted by Gasteiger charge is 2.26. The molecule has 0 saturated heterocycles. The average molecular weight is 303 g/mol. The number of rotatable bonds is 8. The van der Waals surface area contributed by atoms with Crippen molar-refractivity contribution in [3.63, 3.8) is 0 Å². The minimum absolute atomic E-state index is 0.0797. The number of hydrogen-bond acceptors (Lipinski definition) is 5. The standard InChI is InChI=1S/C12H21N3O4S/c1-4-9(5-2)7-14-20(17,18)11-10(8-13-15-11)12(16)19-6-3/h8-9,14H,4-7H2,1-3H3,(H,13,15). The Balaban J connectivity index is 2.88. The van der Waals surface area contributed by atoms with Crippen LogP contribution in [0.15, 0.2) is 11.2 Å². The molecular weight excluding hydrogens is 282 g/mol. The fourth-order valence-electron chi connectivity index (χ4n) is 1.71. The first-order valence-corrected chi connectivity index (χ1v) is 8.14. The van der Waals surface area contributed by atoms with Gasteiger partial charge in [-0.05, 0) is 12.8 Å². The highest BCUT2D eigenvalue weighted by molar-refractivity contribution is 7.89. The van der Waals surface area contributed by atoms with E-state index >= 15 is 0 Å². The third-order valence-electron chi connectivity index (χ3n) is 3.09. The molecule has 1 aromatic heterocycles. The summed E-state index contributed by atoms with van der Waals surface area (Å²) in [7, 11) is -3.80. The molecule has 0 atom stereocenters. The molecule has 2 N–H and O–H groups in total. The third kappa shape index (κ3) is 4.04. The van der Waals surface area contributed by atoms with E-state index in [-0.39, 0.29) is 23.1 Å². The quantitative estimate of drug-likeness (QED) is 0.705. The van der Waals surface area contributed by atoms with Crippen LogP contribution in [0.1, 0.15) is 44.0 Å². The first kappa shape index (κ1) is 16.6. The molecule has 0 radical (unpaired) electrons. The molecule has 0 spiro atoms. The van der Waals surface area contributed by atoms with Gasteiger partial charge in [-0.3, -0.25) is 5.10 Å². The number of sulfonamides is 1. The van der Waals surface area contributed by atoms with Crippen LogP contribution < -0.4 is 4.72 Å². The molecule has 0 saturated carbocycles. The molecule has 0 amide bonds. The number of carbonyl (C=O) groups excluding carboxylic acids is 1. The van der Waals surface area contributed by atoms with Crippen LogP contribution in [-0.2, 0) is 14.8 Å². The molecule has 20 heavy (non-hydrogen) atoms. The Kier molecular flexibility index (Phi) is 6.15. The van der Waals surface area contributed by atoms with E-state index < -0.39 is 16.0 Å². The minimum Gasteiger partial charge on any atom is -0.462 e. The van der Waals surface area contributed by atoms with Gasteiger partial charge in [0.1, 0.15) is 5.56 Å². The lowest BCUT2D eigenvalue weighted by Gasteiger charge is -2.13. The van der Waals surface area contributed by atoms with Crippen LogP contribution in [0.2, 0.25) is 0 Å². The number of nitrogens with one attached hydrogen (secondary N) is 2. The summed E-state index contributed by atoms with van der Waals surface area (Å²) in [5.41, 5.74) is -0.0797. The van der Waals surface area contributed by atoms with E-state index in [2.05, 4.69) is 14.9 Å². The van der Waals surface area contributed by atoms with Gasteiger partial charge in [0.2, 0.25) is 0 Å². The van der Waals surface area contributed by atoms with Crippen molar-refractivity contribution in [2.75, 3.05) is 13.2 Å². The van der Waals surface area contributed by atoms with Gasteiger partial charge in [-0.15, -0.1) is 0 Å². The van der Waals surface area contributed by atoms with E-state index in [4.69, 9.17) is 4.74 Å². The summed E-state index contributed by atoms with van der Waals surface area (Å²) in [5.74, 6) is -0.442. The normalized spacial score (nSPS) is 11.8. The zero-order valence-corrected chi connectivity index (χ0v) is 12.8. The van der Waals surface area contributed by atoms with Gasteiger partial charge in [-0.25, -0.2) is 17.9 Å². The van der Waals surface area contributed by atoms with Crippen molar-refractivity contribution in [3.05, 3.63) is 11.8 Å². The number of hydrogen-bond donors (Lipinski definition) is 2. The van der Waals surface area contributed by atoms with Gasteiger partial charge in [-0.1, -0.05) is 26.7 Å². The zero-order valence-electron chi connectivity index (χ0n) is 12.0. The summed E-state index contributed by atoms with van der Waals surface area (Å²) >= 11 is 0. The fraction of sp³-hybridized carbons (Fsp3) is 0.667. The lowest BCUT2D eigenvalue weighted by Crippen LogP contribution is -2.30. The minimum atomic E-state index is -3.80. The molecule has 7 nitrogen and oxygen atoms in total. The summed E-state index contributed by atoms with van der Waals surface area (Å²) in [6.07, 6.45) is 2.92. The van der Waals surface area contributed by atoms with Gasteiger partial charge in [0, 0.05) is 6.54 Å². The maximum atomic E-state index is 12.2. The van der Waals surface area contributed by atoms with Gasteiger partial charge in [0.25, 0.3) is 10.0 Å². The maximum Gasteiger partial charge on any atom is 0.342 e. The Hall–Kier alpha value is -1.41. The van der Waals surface area contributed by atoms with Crippen molar-refractivity contribution in [3.8, 4) is 0 Å². The SMILES string of the molecule is CCOC(=O)c1cn[nH]c1S(=O)(=O)NCC(CC)CC. The molecule has 8 heteroatoms. The lowest BCUT2D eigenvalue weighted by atomic mass is 10.0. The van der Waals surface area contributed by atoms with Crippen molar-refractivity contribution < 1.29 is 17.9 Å². The number of esters is 1. The molecule has 0 bridgehead atoms. The smallest absolute Gasteiger partial charge is 0.342 e. The van der Waals surface area contributed by atoms with Crippen LogP contribution in [0.5, 0.6) is 0 Å². The second-order valence-electron chi connectivity index (χ2n) is 4.37. The van der Waals surface area contributed by atoms with Crippen LogP contribution in [0.3, 0.4) is 0 Å². The summed E-state index contributed by atoms with van der Waals surface area (Å²) in [5, 5.41) is 5.71. The zero-order chi connectivity index (χ0) is 15.2. The van der Waals surface area contributed by atoms with Gasteiger partial charge < -0.3 is 4.74 Å². The number of carbonyl (C=O) groups is 1. The van der Waals surface area contributed by atoms with Crippen LogP contribution >= 0.6 is 0 Å². The van der Waals surface area contributed by atoms with Crippen LogP contribution in [0, 0.1) is 5.92 Å². The third-order valence-corrected chi connectivity index (χ3v) is 4.48. The molecular formula is C12H21N3O4S. The van der Waals surface area contributed by atoms with E-state index in [0.717, 1.165) is 19.0 Å². The Morgan fingerprint density at radius 1 is 1.40 bits per heavy atom. The van der Waals surface area contributed by atoms with Gasteiger partial charge >= 0.3 is 5.97 Å². The van der Waals surface area contributed by atoms with E-state index in [1.54, 1.807) is 6.92 Å². The Morgan fingerprint density at radius 2 is 2.05 bits per heavy atom. The Labute approximate surface area is 119 Å². The molecule has 0 unspecified atom stereocenters. The molecule has 0 aliphatic heterocycles. The van der Waals surface area contributed by atoms with Crippen LogP contribution in [-0.4, -0.2) is 37.7 Å². The molecule has 0 aliphatic rings. The largest absolute Gasteiger partial charge is 0.462 e. The van der Waals surface area contributed by atoms with Crippen molar-refractivity contribution >= 4 is 16.0 Å². The van der Waals surface area contributed by atoms with Crippen molar-refractivity contribution in [2.45, 2.75) is 38.6 Å². The number of aromatic nitrogens is 2. The first-order valence-electron chi connectivity index (χ1n) is 6.66. The van der Waals surface area contributed by atoms with Crippen molar-refractivity contribution in [1.29, 1.82) is 0 Å². The predicted molar refractivity (Wildman–Crippen MR) is 73.8 cm³/mol. The highest BCUT2D eigenvalue weighted by Crippen LogP contribution is 2.14. The van der Waals surface area contributed by atoms with E-state index in [1.165, 1.54) is 0 Å². The highest BCUT2D eigenvalue weighted by atomic mass is 32.2. The summed E-state index contributed by atoms with van der Waals surface area (Å²) < 4.78 is 31.6. The number of H-pyrrole nitrogens is 1. The topological polar surface area (TPSA) is 101 Å². The number of nitrogens with zero attached hydrogens (tertiary/aromatic N) is 1. The number of ether oxygens (including phenoxy) is 1. The molecule has 1 heterocycles. The second kappa shape index (κ2) is 7.39. The van der Waals surface area contributed by atoms with Crippen LogP contribution in [0.25, 0.3) is 0 Å². The van der Waals surface area contributed by atoms with E-state index in [9.17, 15) is 13.2 Å². The van der Waals surface area contributed by atoms with Crippen molar-refractivity contribution in [2.24, 2.45) is 5.92 Å². The van der Waals surface area contributed by atoms with Crippen LogP contribution in [0.4, 0.5) is 0 Å².